The van der Waals surface area contributed by atoms with E-state index in [-0.39, 0.29) is 0 Å². The molecule has 2 N–H and O–H groups in total. The lowest BCUT2D eigenvalue weighted by molar-refractivity contribution is 0.0992. The second kappa shape index (κ2) is 6.20. The summed E-state index contributed by atoms with van der Waals surface area (Å²) >= 11 is 0. The first-order valence-electron chi connectivity index (χ1n) is 8.42. The van der Waals surface area contributed by atoms with Gasteiger partial charge in [-0.1, -0.05) is 36.4 Å². The van der Waals surface area contributed by atoms with Crippen LogP contribution in [0.4, 0.5) is 0 Å². The van der Waals surface area contributed by atoms with Crippen molar-refractivity contribution in [1.82, 2.24) is 10.6 Å². The first-order chi connectivity index (χ1) is 11.3. The number of hydrogen-bond donors (Lipinski definition) is 2. The Morgan fingerprint density at radius 3 is 2.78 bits per heavy atom. The molecule has 0 spiro atoms. The van der Waals surface area contributed by atoms with Crippen molar-refractivity contribution in [1.29, 1.82) is 0 Å². The Kier molecular flexibility index (Phi) is 3.92. The molecule has 0 aliphatic carbocycles. The summed E-state index contributed by atoms with van der Waals surface area (Å²) in [5.74, 6) is 0.860. The Bertz CT molecular complexity index is 727. The van der Waals surface area contributed by atoms with Crippen LogP contribution < -0.4 is 10.6 Å². The number of guanidine groups is 1. The van der Waals surface area contributed by atoms with Gasteiger partial charge in [-0.2, -0.15) is 0 Å². The Morgan fingerprint density at radius 2 is 2.04 bits per heavy atom. The second-order valence-electron chi connectivity index (χ2n) is 6.47. The van der Waals surface area contributed by atoms with Crippen LogP contribution in [0.1, 0.15) is 24.8 Å². The van der Waals surface area contributed by atoms with Gasteiger partial charge in [-0.25, -0.2) is 0 Å². The number of fused-ring (bicyclic) bond motifs is 3. The van der Waals surface area contributed by atoms with E-state index in [1.807, 2.05) is 7.05 Å². The van der Waals surface area contributed by atoms with Crippen molar-refractivity contribution in [2.45, 2.75) is 44.1 Å². The summed E-state index contributed by atoms with van der Waals surface area (Å²) in [4.78, 5) is 4.35. The van der Waals surface area contributed by atoms with Crippen molar-refractivity contribution in [2.24, 2.45) is 4.99 Å². The minimum absolute atomic E-state index is 0.360. The first kappa shape index (κ1) is 14.5. The molecule has 0 saturated carbocycles. The van der Waals surface area contributed by atoms with E-state index >= 15 is 0 Å². The molecule has 2 bridgehead atoms. The van der Waals surface area contributed by atoms with Crippen LogP contribution in [0.3, 0.4) is 0 Å². The lowest BCUT2D eigenvalue weighted by Crippen LogP contribution is -2.47. The molecule has 120 valence electrons. The Hall–Kier alpha value is -2.07. The SMILES string of the molecule is CN=C(NCc1ccc2ccccc2c1)NC1CC2CCC1O2. The molecule has 0 radical (unpaired) electrons. The fourth-order valence-corrected chi connectivity index (χ4v) is 3.69. The molecule has 2 saturated heterocycles. The normalized spacial score (nSPS) is 26.7. The third-order valence-corrected chi connectivity index (χ3v) is 4.93. The maximum absolute atomic E-state index is 5.90. The summed E-state index contributed by atoms with van der Waals surface area (Å²) in [5.41, 5.74) is 1.26. The van der Waals surface area contributed by atoms with Gasteiger partial charge in [0.15, 0.2) is 5.96 Å². The van der Waals surface area contributed by atoms with Crippen LogP contribution in [0.25, 0.3) is 10.8 Å². The minimum atomic E-state index is 0.360. The fourth-order valence-electron chi connectivity index (χ4n) is 3.69. The van der Waals surface area contributed by atoms with Crippen molar-refractivity contribution >= 4 is 16.7 Å². The Labute approximate surface area is 136 Å². The van der Waals surface area contributed by atoms with Crippen LogP contribution >= 0.6 is 0 Å². The molecular weight excluding hydrogens is 286 g/mol. The summed E-state index contributed by atoms with van der Waals surface area (Å²) in [6.07, 6.45) is 4.30. The van der Waals surface area contributed by atoms with Crippen LogP contribution in [-0.2, 0) is 11.3 Å². The van der Waals surface area contributed by atoms with E-state index in [4.69, 9.17) is 4.74 Å². The number of nitrogens with one attached hydrogen (secondary N) is 2. The average Bonchev–Trinajstić information content (AvgIpc) is 3.21. The summed E-state index contributed by atoms with van der Waals surface area (Å²) in [6.45, 7) is 0.770. The standard InChI is InChI=1S/C19H23N3O/c1-20-19(22-17-11-16-8-9-18(17)23-16)21-12-13-6-7-14-4-2-3-5-15(14)10-13/h2-7,10,16-18H,8-9,11-12H2,1H3,(H2,20,21,22). The van der Waals surface area contributed by atoms with Gasteiger partial charge in [0.05, 0.1) is 18.2 Å². The topological polar surface area (TPSA) is 45.7 Å². The van der Waals surface area contributed by atoms with Crippen molar-refractivity contribution in [3.8, 4) is 0 Å². The zero-order chi connectivity index (χ0) is 15.6. The second-order valence-corrected chi connectivity index (χ2v) is 6.47. The van der Waals surface area contributed by atoms with E-state index < -0.39 is 0 Å². The summed E-state index contributed by atoms with van der Waals surface area (Å²) in [7, 11) is 1.82. The Balaban J connectivity index is 1.38. The number of aliphatic imine (C=N–C) groups is 1. The average molecular weight is 309 g/mol. The van der Waals surface area contributed by atoms with E-state index in [1.54, 1.807) is 0 Å². The minimum Gasteiger partial charge on any atom is -0.373 e. The third-order valence-electron chi connectivity index (χ3n) is 4.93. The lowest BCUT2D eigenvalue weighted by atomic mass is 9.96. The highest BCUT2D eigenvalue weighted by Gasteiger charge is 2.41. The quantitative estimate of drug-likeness (QED) is 0.677. The van der Waals surface area contributed by atoms with Crippen LogP contribution in [0, 0.1) is 0 Å². The zero-order valence-electron chi connectivity index (χ0n) is 13.5. The van der Waals surface area contributed by atoms with Gasteiger partial charge in [0.1, 0.15) is 0 Å². The van der Waals surface area contributed by atoms with Gasteiger partial charge in [0.25, 0.3) is 0 Å². The molecule has 0 amide bonds. The summed E-state index contributed by atoms with van der Waals surface area (Å²) < 4.78 is 5.90. The monoisotopic (exact) mass is 309 g/mol. The van der Waals surface area contributed by atoms with Crippen molar-refractivity contribution in [3.63, 3.8) is 0 Å². The van der Waals surface area contributed by atoms with E-state index in [0.29, 0.717) is 18.2 Å². The fraction of sp³-hybridized carbons (Fsp3) is 0.421. The van der Waals surface area contributed by atoms with Crippen LogP contribution in [0.15, 0.2) is 47.5 Å². The molecule has 2 aromatic rings. The molecular formula is C19H23N3O. The Morgan fingerprint density at radius 1 is 1.17 bits per heavy atom. The number of benzene rings is 2. The molecule has 2 fully saturated rings. The molecule has 23 heavy (non-hydrogen) atoms. The van der Waals surface area contributed by atoms with E-state index in [9.17, 15) is 0 Å². The van der Waals surface area contributed by atoms with Crippen molar-refractivity contribution < 1.29 is 4.74 Å². The van der Waals surface area contributed by atoms with Crippen molar-refractivity contribution in [2.75, 3.05) is 7.05 Å². The largest absolute Gasteiger partial charge is 0.373 e. The molecule has 4 rings (SSSR count). The molecule has 2 aliphatic heterocycles. The number of rotatable bonds is 3. The highest BCUT2D eigenvalue weighted by molar-refractivity contribution is 5.83. The van der Waals surface area contributed by atoms with Crippen molar-refractivity contribution in [3.05, 3.63) is 48.0 Å². The highest BCUT2D eigenvalue weighted by atomic mass is 16.5. The smallest absolute Gasteiger partial charge is 0.191 e. The van der Waals surface area contributed by atoms with Crippen LogP contribution in [-0.4, -0.2) is 31.3 Å². The zero-order valence-corrected chi connectivity index (χ0v) is 13.5. The molecule has 2 heterocycles. The van der Waals surface area contributed by atoms with Gasteiger partial charge in [0.2, 0.25) is 0 Å². The number of hydrogen-bond acceptors (Lipinski definition) is 2. The number of ether oxygens (including phenoxy) is 1. The molecule has 4 nitrogen and oxygen atoms in total. The van der Waals surface area contributed by atoms with Crippen LogP contribution in [0.5, 0.6) is 0 Å². The molecule has 2 aromatic carbocycles. The lowest BCUT2D eigenvalue weighted by Gasteiger charge is -2.22. The van der Waals surface area contributed by atoms with E-state index in [1.165, 1.54) is 29.2 Å². The van der Waals surface area contributed by atoms with Gasteiger partial charge in [-0.15, -0.1) is 0 Å². The molecule has 3 unspecified atom stereocenters. The van der Waals surface area contributed by atoms with E-state index in [2.05, 4.69) is 58.1 Å². The molecule has 2 aliphatic rings. The van der Waals surface area contributed by atoms with Gasteiger partial charge in [0, 0.05) is 13.6 Å². The molecule has 3 atom stereocenters. The third kappa shape index (κ3) is 3.04. The van der Waals surface area contributed by atoms with E-state index in [0.717, 1.165) is 18.9 Å². The maximum Gasteiger partial charge on any atom is 0.191 e. The first-order valence-corrected chi connectivity index (χ1v) is 8.42. The molecule has 4 heteroatoms. The maximum atomic E-state index is 5.90. The summed E-state index contributed by atoms with van der Waals surface area (Å²) in [6, 6.07) is 15.4. The summed E-state index contributed by atoms with van der Waals surface area (Å²) in [5, 5.41) is 9.49. The predicted molar refractivity (Wildman–Crippen MR) is 93.6 cm³/mol. The predicted octanol–water partition coefficient (Wildman–Crippen LogP) is 2.82. The van der Waals surface area contributed by atoms with Gasteiger partial charge in [-0.3, -0.25) is 4.99 Å². The number of nitrogens with zero attached hydrogens (tertiary/aromatic N) is 1. The van der Waals surface area contributed by atoms with Gasteiger partial charge < -0.3 is 15.4 Å². The highest BCUT2D eigenvalue weighted by Crippen LogP contribution is 2.34. The van der Waals surface area contributed by atoms with Gasteiger partial charge in [-0.05, 0) is 41.7 Å². The van der Waals surface area contributed by atoms with Crippen LogP contribution in [0.2, 0.25) is 0 Å². The van der Waals surface area contributed by atoms with Gasteiger partial charge >= 0.3 is 0 Å². The molecule has 0 aromatic heterocycles.